The summed E-state index contributed by atoms with van der Waals surface area (Å²) >= 11 is 0. The molecule has 0 aliphatic carbocycles. The second-order valence-corrected chi connectivity index (χ2v) is 8.80. The van der Waals surface area contributed by atoms with Crippen LogP contribution in [0.15, 0.2) is 72.8 Å². The van der Waals surface area contributed by atoms with E-state index in [1.807, 2.05) is 0 Å². The number of ketones is 1. The van der Waals surface area contributed by atoms with E-state index in [4.69, 9.17) is 14.2 Å². The Morgan fingerprint density at radius 3 is 2.41 bits per heavy atom. The summed E-state index contributed by atoms with van der Waals surface area (Å²) in [6.07, 6.45) is -0.280. The molecule has 1 heterocycles. The average Bonchev–Trinajstić information content (AvgIpc) is 3.35. The van der Waals surface area contributed by atoms with Crippen molar-refractivity contribution in [1.82, 2.24) is 10.4 Å². The maximum atomic E-state index is 12.5. The number of amides is 2. The van der Waals surface area contributed by atoms with E-state index >= 15 is 0 Å². The third-order valence-corrected chi connectivity index (χ3v) is 6.08. The number of rotatable bonds is 10. The lowest BCUT2D eigenvalue weighted by atomic mass is 10.1. The highest BCUT2D eigenvalue weighted by Crippen LogP contribution is 2.21. The van der Waals surface area contributed by atoms with Crippen LogP contribution in [0.25, 0.3) is 0 Å². The highest BCUT2D eigenvalue weighted by molar-refractivity contribution is 6.00. The summed E-state index contributed by atoms with van der Waals surface area (Å²) in [4.78, 5) is 72.6. The van der Waals surface area contributed by atoms with E-state index in [1.54, 1.807) is 18.2 Å². The van der Waals surface area contributed by atoms with Crippen LogP contribution in [0, 0.1) is 16.0 Å². The van der Waals surface area contributed by atoms with E-state index in [2.05, 4.69) is 5.43 Å². The molecule has 3 aromatic rings. The molecule has 13 nitrogen and oxygen atoms in total. The molecule has 0 bridgehead atoms. The molecule has 0 unspecified atom stereocenters. The van der Waals surface area contributed by atoms with E-state index in [0.717, 1.165) is 11.1 Å². The SMILES string of the molecule is COc1cccc(C(=O)Oc2ccc(C(=O)COC(=O)[C@@H]3CC(=O)N(NC(=O)c4ccccc4[N+](=O)[O-])C3)cc2)c1. The number of Topliss-reactive ketones (excluding diaryl/α,β-unsaturated/α-hetero) is 1. The van der Waals surface area contributed by atoms with Crippen LogP contribution in [0.2, 0.25) is 0 Å². The van der Waals surface area contributed by atoms with Crippen molar-refractivity contribution >= 4 is 35.2 Å². The van der Waals surface area contributed by atoms with Crippen molar-refractivity contribution in [3.05, 3.63) is 99.6 Å². The van der Waals surface area contributed by atoms with E-state index in [9.17, 15) is 34.1 Å². The van der Waals surface area contributed by atoms with Gasteiger partial charge in [-0.2, -0.15) is 0 Å². The predicted octanol–water partition coefficient (Wildman–Crippen LogP) is 2.74. The topological polar surface area (TPSA) is 171 Å². The minimum Gasteiger partial charge on any atom is -0.497 e. The zero-order valence-corrected chi connectivity index (χ0v) is 21.6. The number of nitro groups is 1. The molecule has 2 amide bonds. The van der Waals surface area contributed by atoms with Crippen LogP contribution in [0.1, 0.15) is 37.5 Å². The molecule has 1 aliphatic heterocycles. The Bertz CT molecular complexity index is 1520. The van der Waals surface area contributed by atoms with Crippen LogP contribution >= 0.6 is 0 Å². The van der Waals surface area contributed by atoms with Gasteiger partial charge in [0, 0.05) is 18.1 Å². The van der Waals surface area contributed by atoms with Crippen molar-refractivity contribution in [2.45, 2.75) is 6.42 Å². The third-order valence-electron chi connectivity index (χ3n) is 6.08. The van der Waals surface area contributed by atoms with Gasteiger partial charge in [-0.05, 0) is 48.5 Å². The van der Waals surface area contributed by atoms with Crippen LogP contribution in [0.3, 0.4) is 0 Å². The van der Waals surface area contributed by atoms with Gasteiger partial charge >= 0.3 is 11.9 Å². The number of esters is 2. The average molecular weight is 562 g/mol. The second-order valence-electron chi connectivity index (χ2n) is 8.80. The van der Waals surface area contributed by atoms with E-state index in [1.165, 1.54) is 55.6 Å². The number of carbonyl (C=O) groups is 5. The van der Waals surface area contributed by atoms with Crippen molar-refractivity contribution in [2.24, 2.45) is 5.92 Å². The lowest BCUT2D eigenvalue weighted by Gasteiger charge is -2.17. The molecule has 0 saturated carbocycles. The molecule has 0 spiro atoms. The number of hydrogen-bond donors (Lipinski definition) is 1. The van der Waals surface area contributed by atoms with E-state index < -0.39 is 52.7 Å². The van der Waals surface area contributed by atoms with Crippen LogP contribution < -0.4 is 14.9 Å². The molecule has 1 aliphatic rings. The van der Waals surface area contributed by atoms with E-state index in [0.29, 0.717) is 5.75 Å². The van der Waals surface area contributed by atoms with Gasteiger partial charge in [0.1, 0.15) is 17.1 Å². The Hall–Kier alpha value is -5.59. The Morgan fingerprint density at radius 1 is 0.976 bits per heavy atom. The first-order valence-corrected chi connectivity index (χ1v) is 12.2. The number of nitrogens with zero attached hydrogens (tertiary/aromatic N) is 2. The van der Waals surface area contributed by atoms with Crippen molar-refractivity contribution in [3.8, 4) is 11.5 Å². The van der Waals surface area contributed by atoms with Crippen LogP contribution in [0.5, 0.6) is 11.5 Å². The maximum Gasteiger partial charge on any atom is 0.343 e. The maximum absolute atomic E-state index is 12.5. The van der Waals surface area contributed by atoms with Crippen molar-refractivity contribution < 1.29 is 43.1 Å². The summed E-state index contributed by atoms with van der Waals surface area (Å²) in [7, 11) is 1.48. The number of nitro benzene ring substituents is 1. The minimum absolute atomic E-state index is 0.193. The summed E-state index contributed by atoms with van der Waals surface area (Å²) in [5.41, 5.74) is 2.06. The zero-order valence-electron chi connectivity index (χ0n) is 21.6. The van der Waals surface area contributed by atoms with Gasteiger partial charge in [0.15, 0.2) is 12.4 Å². The standard InChI is InChI=1S/C28H23N3O10/c1-39-21-6-4-5-18(13-21)28(36)41-20-11-9-17(10-12-20)24(32)16-40-27(35)19-14-25(33)30(15-19)29-26(34)22-7-2-3-8-23(22)31(37)38/h2-13,19H,14-16H2,1H3,(H,29,34)/t19-/m1/s1. The largest absolute Gasteiger partial charge is 0.497 e. The molecule has 13 heteroatoms. The predicted molar refractivity (Wildman–Crippen MR) is 140 cm³/mol. The molecule has 210 valence electrons. The first-order valence-electron chi connectivity index (χ1n) is 12.2. The number of para-hydroxylation sites is 1. The van der Waals surface area contributed by atoms with Crippen molar-refractivity contribution in [2.75, 3.05) is 20.3 Å². The summed E-state index contributed by atoms with van der Waals surface area (Å²) in [5.74, 6) is -3.72. The smallest absolute Gasteiger partial charge is 0.343 e. The fourth-order valence-electron chi connectivity index (χ4n) is 3.94. The molecular weight excluding hydrogens is 538 g/mol. The number of hydrogen-bond acceptors (Lipinski definition) is 10. The van der Waals surface area contributed by atoms with Crippen molar-refractivity contribution in [3.63, 3.8) is 0 Å². The normalized spacial score (nSPS) is 14.2. The molecule has 0 radical (unpaired) electrons. The summed E-state index contributed by atoms with van der Waals surface area (Å²) in [6.45, 7) is -0.833. The Kier molecular flexibility index (Phi) is 8.67. The molecule has 3 aromatic carbocycles. The van der Waals surface area contributed by atoms with Gasteiger partial charge < -0.3 is 14.2 Å². The highest BCUT2D eigenvalue weighted by Gasteiger charge is 2.37. The third kappa shape index (κ3) is 6.89. The monoisotopic (exact) mass is 561 g/mol. The van der Waals surface area contributed by atoms with Crippen LogP contribution in [-0.4, -0.2) is 59.7 Å². The van der Waals surface area contributed by atoms with Gasteiger partial charge in [0.05, 0.1) is 30.1 Å². The first kappa shape index (κ1) is 28.4. The van der Waals surface area contributed by atoms with Gasteiger partial charge in [0.25, 0.3) is 11.6 Å². The van der Waals surface area contributed by atoms with Gasteiger partial charge in [-0.25, -0.2) is 4.79 Å². The number of hydrazine groups is 1. The lowest BCUT2D eigenvalue weighted by molar-refractivity contribution is -0.385. The minimum atomic E-state index is -0.959. The molecule has 1 N–H and O–H groups in total. The number of methoxy groups -OCH3 is 1. The second kappa shape index (κ2) is 12.5. The zero-order chi connectivity index (χ0) is 29.5. The lowest BCUT2D eigenvalue weighted by Crippen LogP contribution is -2.43. The fourth-order valence-corrected chi connectivity index (χ4v) is 3.94. The van der Waals surface area contributed by atoms with Gasteiger partial charge in [-0.3, -0.25) is 39.7 Å². The number of ether oxygens (including phenoxy) is 3. The Labute approximate surface area is 232 Å². The molecule has 1 atom stereocenters. The van der Waals surface area contributed by atoms with Crippen LogP contribution in [0.4, 0.5) is 5.69 Å². The Balaban J connectivity index is 1.27. The number of nitrogens with one attached hydrogen (secondary N) is 1. The molecule has 1 fully saturated rings. The highest BCUT2D eigenvalue weighted by atomic mass is 16.6. The van der Waals surface area contributed by atoms with Crippen LogP contribution in [-0.2, 0) is 14.3 Å². The van der Waals surface area contributed by atoms with Gasteiger partial charge in [-0.15, -0.1) is 0 Å². The molecule has 41 heavy (non-hydrogen) atoms. The Morgan fingerprint density at radius 2 is 1.71 bits per heavy atom. The summed E-state index contributed by atoms with van der Waals surface area (Å²) in [5, 5.41) is 12.1. The summed E-state index contributed by atoms with van der Waals surface area (Å²) < 4.78 is 15.5. The van der Waals surface area contributed by atoms with Gasteiger partial charge in [-0.1, -0.05) is 18.2 Å². The number of carbonyl (C=O) groups excluding carboxylic acids is 5. The molecular formula is C28H23N3O10. The fraction of sp³-hybridized carbons (Fsp3) is 0.179. The van der Waals surface area contributed by atoms with E-state index in [-0.39, 0.29) is 35.4 Å². The summed E-state index contributed by atoms with van der Waals surface area (Å²) in [6, 6.07) is 17.3. The molecule has 4 rings (SSSR count). The first-order chi connectivity index (χ1) is 19.7. The van der Waals surface area contributed by atoms with Gasteiger partial charge in [0.2, 0.25) is 5.91 Å². The number of benzene rings is 3. The molecule has 1 saturated heterocycles. The van der Waals surface area contributed by atoms with Crippen molar-refractivity contribution in [1.29, 1.82) is 0 Å². The molecule has 0 aromatic heterocycles. The quantitative estimate of drug-likeness (QED) is 0.128.